The molecule has 1 aromatic rings. The van der Waals surface area contributed by atoms with Gasteiger partial charge >= 0.3 is 0 Å². The molecule has 0 saturated carbocycles. The molecule has 142 valence electrons. The number of benzene rings is 1. The maximum Gasteiger partial charge on any atom is 0.224 e. The van der Waals surface area contributed by atoms with Crippen LogP contribution in [0.15, 0.2) is 12.1 Å². The molecule has 0 aromatic heterocycles. The first-order valence-electron chi connectivity index (χ1n) is 9.34. The number of piperazine rings is 1. The van der Waals surface area contributed by atoms with E-state index in [0.717, 1.165) is 50.3 Å². The minimum absolute atomic E-state index is 0.173. The van der Waals surface area contributed by atoms with Gasteiger partial charge in [-0.2, -0.15) is 0 Å². The number of hydrogen-bond donors (Lipinski definition) is 1. The van der Waals surface area contributed by atoms with E-state index >= 15 is 0 Å². The molecule has 3 aliphatic rings. The topological polar surface area (TPSA) is 44.8 Å². The molecule has 1 amide bonds. The fourth-order valence-corrected chi connectivity index (χ4v) is 5.28. The van der Waals surface area contributed by atoms with Crippen LogP contribution in [0.2, 0.25) is 10.0 Å². The number of nitrogens with zero attached hydrogens (tertiary/aromatic N) is 2. The average Bonchev–Trinajstić information content (AvgIpc) is 3.08. The molecule has 4 rings (SSSR count). The number of halogens is 2. The van der Waals surface area contributed by atoms with E-state index in [2.05, 4.69) is 15.1 Å². The molecule has 7 heteroatoms. The number of carbonyl (C=O) groups excluding carboxylic acids is 1. The lowest BCUT2D eigenvalue weighted by atomic mass is 9.91. The summed E-state index contributed by atoms with van der Waals surface area (Å²) in [5, 5.41) is 4.48. The van der Waals surface area contributed by atoms with Gasteiger partial charge in [0.05, 0.1) is 17.2 Å². The SMILES string of the molecule is COc1ccc(Cl)c(Cl)c1[C@H]1C[C@H]2CC(N3CCNCC3)CC(=O)N2C1. The summed E-state index contributed by atoms with van der Waals surface area (Å²) in [5.41, 5.74) is 0.947. The third-order valence-corrected chi connectivity index (χ3v) is 6.90. The Morgan fingerprint density at radius 3 is 2.65 bits per heavy atom. The largest absolute Gasteiger partial charge is 0.496 e. The maximum atomic E-state index is 12.8. The number of piperidine rings is 1. The summed E-state index contributed by atoms with van der Waals surface area (Å²) in [6.45, 7) is 4.78. The van der Waals surface area contributed by atoms with Gasteiger partial charge in [0.25, 0.3) is 0 Å². The van der Waals surface area contributed by atoms with Crippen LogP contribution < -0.4 is 10.1 Å². The molecule has 26 heavy (non-hydrogen) atoms. The molecule has 1 unspecified atom stereocenters. The highest BCUT2D eigenvalue weighted by Crippen LogP contribution is 2.45. The number of rotatable bonds is 3. The molecule has 3 heterocycles. The lowest BCUT2D eigenvalue weighted by Crippen LogP contribution is -2.54. The molecule has 3 fully saturated rings. The first-order chi connectivity index (χ1) is 12.6. The van der Waals surface area contributed by atoms with Crippen molar-refractivity contribution in [2.45, 2.75) is 37.3 Å². The van der Waals surface area contributed by atoms with E-state index in [1.807, 2.05) is 6.07 Å². The van der Waals surface area contributed by atoms with Crippen LogP contribution in [0, 0.1) is 0 Å². The Balaban J connectivity index is 1.54. The van der Waals surface area contributed by atoms with E-state index in [-0.39, 0.29) is 17.9 Å². The highest BCUT2D eigenvalue weighted by Gasteiger charge is 2.44. The zero-order valence-corrected chi connectivity index (χ0v) is 16.5. The molecule has 1 aromatic carbocycles. The van der Waals surface area contributed by atoms with Crippen LogP contribution in [-0.2, 0) is 4.79 Å². The average molecular weight is 398 g/mol. The monoisotopic (exact) mass is 397 g/mol. The molecule has 1 N–H and O–H groups in total. The minimum atomic E-state index is 0.173. The lowest BCUT2D eigenvalue weighted by molar-refractivity contribution is -0.137. The Kier molecular flexibility index (Phi) is 5.33. The Labute approximate surface area is 164 Å². The van der Waals surface area contributed by atoms with Crippen LogP contribution in [-0.4, -0.2) is 67.6 Å². The van der Waals surface area contributed by atoms with Crippen molar-refractivity contribution in [3.63, 3.8) is 0 Å². The molecule has 0 aliphatic carbocycles. The summed E-state index contributed by atoms with van der Waals surface area (Å²) >= 11 is 12.8. The number of hydrogen-bond acceptors (Lipinski definition) is 4. The molecule has 3 atom stereocenters. The molecule has 3 saturated heterocycles. The first kappa shape index (κ1) is 18.4. The molecule has 0 bridgehead atoms. The normalized spacial score (nSPS) is 29.7. The fourth-order valence-electron chi connectivity index (χ4n) is 4.80. The van der Waals surface area contributed by atoms with Gasteiger partial charge in [0.1, 0.15) is 5.75 Å². The van der Waals surface area contributed by atoms with Crippen molar-refractivity contribution in [2.24, 2.45) is 0 Å². The lowest BCUT2D eigenvalue weighted by Gasteiger charge is -2.41. The number of nitrogens with one attached hydrogen (secondary N) is 1. The van der Waals surface area contributed by atoms with Gasteiger partial charge in [-0.3, -0.25) is 9.69 Å². The summed E-state index contributed by atoms with van der Waals surface area (Å²) in [6, 6.07) is 4.27. The van der Waals surface area contributed by atoms with Gasteiger partial charge in [-0.1, -0.05) is 23.2 Å². The van der Waals surface area contributed by atoms with E-state index in [0.29, 0.717) is 29.1 Å². The van der Waals surface area contributed by atoms with Gasteiger partial charge in [0, 0.05) is 62.7 Å². The summed E-state index contributed by atoms with van der Waals surface area (Å²) in [4.78, 5) is 17.3. The number of methoxy groups -OCH3 is 1. The Morgan fingerprint density at radius 1 is 1.15 bits per heavy atom. The van der Waals surface area contributed by atoms with Crippen LogP contribution in [0.1, 0.15) is 30.7 Å². The number of carbonyl (C=O) groups is 1. The van der Waals surface area contributed by atoms with Crippen molar-refractivity contribution in [1.29, 1.82) is 0 Å². The second-order valence-electron chi connectivity index (χ2n) is 7.49. The second kappa shape index (κ2) is 7.55. The van der Waals surface area contributed by atoms with Gasteiger partial charge in [0.2, 0.25) is 5.91 Å². The van der Waals surface area contributed by atoms with Crippen LogP contribution in [0.4, 0.5) is 0 Å². The number of ether oxygens (including phenoxy) is 1. The van der Waals surface area contributed by atoms with Gasteiger partial charge < -0.3 is 15.0 Å². The van der Waals surface area contributed by atoms with Crippen LogP contribution in [0.5, 0.6) is 5.75 Å². The highest BCUT2D eigenvalue weighted by molar-refractivity contribution is 6.42. The van der Waals surface area contributed by atoms with Crippen molar-refractivity contribution >= 4 is 29.1 Å². The van der Waals surface area contributed by atoms with Crippen LogP contribution >= 0.6 is 23.2 Å². The summed E-state index contributed by atoms with van der Waals surface area (Å²) < 4.78 is 5.53. The first-order valence-corrected chi connectivity index (χ1v) is 10.1. The Morgan fingerprint density at radius 2 is 1.92 bits per heavy atom. The van der Waals surface area contributed by atoms with E-state index in [4.69, 9.17) is 27.9 Å². The van der Waals surface area contributed by atoms with Crippen molar-refractivity contribution in [2.75, 3.05) is 39.8 Å². The van der Waals surface area contributed by atoms with Crippen molar-refractivity contribution < 1.29 is 9.53 Å². The third kappa shape index (κ3) is 3.31. The van der Waals surface area contributed by atoms with E-state index in [1.54, 1.807) is 13.2 Å². The molecular weight excluding hydrogens is 373 g/mol. The van der Waals surface area contributed by atoms with Crippen molar-refractivity contribution in [3.05, 3.63) is 27.7 Å². The third-order valence-electron chi connectivity index (χ3n) is 6.08. The van der Waals surface area contributed by atoms with E-state index in [1.165, 1.54) is 0 Å². The Hall–Kier alpha value is -1.01. The summed E-state index contributed by atoms with van der Waals surface area (Å²) in [5.74, 6) is 1.20. The molecular formula is C19H25Cl2N3O2. The van der Waals surface area contributed by atoms with E-state index < -0.39 is 0 Å². The fraction of sp³-hybridized carbons (Fsp3) is 0.632. The molecule has 0 spiro atoms. The molecule has 3 aliphatic heterocycles. The van der Waals surface area contributed by atoms with Crippen molar-refractivity contribution in [3.8, 4) is 5.75 Å². The predicted octanol–water partition coefficient (Wildman–Crippen LogP) is 2.75. The smallest absolute Gasteiger partial charge is 0.224 e. The number of fused-ring (bicyclic) bond motifs is 1. The minimum Gasteiger partial charge on any atom is -0.496 e. The zero-order chi connectivity index (χ0) is 18.3. The maximum absolute atomic E-state index is 12.8. The zero-order valence-electron chi connectivity index (χ0n) is 15.0. The van der Waals surface area contributed by atoms with Crippen molar-refractivity contribution in [1.82, 2.24) is 15.1 Å². The standard InChI is InChI=1S/C19H25Cl2N3O2/c1-26-16-3-2-15(20)19(21)18(16)12-8-14-9-13(10-17(25)24(14)11-12)23-6-4-22-5-7-23/h2-3,12-14,22H,4-11H2,1H3/t12-,13?,14-/m0/s1. The van der Waals surface area contributed by atoms with E-state index in [9.17, 15) is 4.79 Å². The summed E-state index contributed by atoms with van der Waals surface area (Å²) in [6.07, 6.45) is 2.59. The van der Waals surface area contributed by atoms with Gasteiger partial charge in [-0.05, 0) is 25.0 Å². The number of amides is 1. The summed E-state index contributed by atoms with van der Waals surface area (Å²) in [7, 11) is 1.65. The Bertz CT molecular complexity index is 694. The molecule has 5 nitrogen and oxygen atoms in total. The van der Waals surface area contributed by atoms with Crippen LogP contribution in [0.25, 0.3) is 0 Å². The van der Waals surface area contributed by atoms with Gasteiger partial charge in [-0.15, -0.1) is 0 Å². The predicted molar refractivity (Wildman–Crippen MR) is 103 cm³/mol. The van der Waals surface area contributed by atoms with Gasteiger partial charge in [0.15, 0.2) is 0 Å². The van der Waals surface area contributed by atoms with Crippen LogP contribution in [0.3, 0.4) is 0 Å². The molecule has 0 radical (unpaired) electrons. The highest BCUT2D eigenvalue weighted by atomic mass is 35.5. The quantitative estimate of drug-likeness (QED) is 0.851. The van der Waals surface area contributed by atoms with Gasteiger partial charge in [-0.25, -0.2) is 0 Å². The second-order valence-corrected chi connectivity index (χ2v) is 8.27.